The summed E-state index contributed by atoms with van der Waals surface area (Å²) in [6.45, 7) is 5.57. The maximum atomic E-state index is 14.3. The second-order valence-corrected chi connectivity index (χ2v) is 12.9. The van der Waals surface area contributed by atoms with Gasteiger partial charge in [0.25, 0.3) is 10.0 Å². The van der Waals surface area contributed by atoms with E-state index in [0.29, 0.717) is 18.8 Å². The van der Waals surface area contributed by atoms with E-state index in [2.05, 4.69) is 5.32 Å². The predicted octanol–water partition coefficient (Wildman–Crippen LogP) is 5.85. The fraction of sp³-hybridized carbons (Fsp3) is 0.412. The van der Waals surface area contributed by atoms with Crippen LogP contribution in [0.25, 0.3) is 0 Å². The van der Waals surface area contributed by atoms with E-state index in [0.717, 1.165) is 47.5 Å². The Morgan fingerprint density at radius 1 is 0.907 bits per heavy atom. The number of ether oxygens (including phenoxy) is 1. The molecule has 0 spiro atoms. The summed E-state index contributed by atoms with van der Waals surface area (Å²) in [5, 5.41) is 3.18. The van der Waals surface area contributed by atoms with Crippen LogP contribution in [0.4, 0.5) is 5.69 Å². The molecule has 1 unspecified atom stereocenters. The van der Waals surface area contributed by atoms with Crippen LogP contribution in [0.2, 0.25) is 0 Å². The molecule has 1 N–H and O–H groups in total. The number of nitrogens with zero attached hydrogens (tertiary/aromatic N) is 2. The van der Waals surface area contributed by atoms with Crippen molar-refractivity contribution >= 4 is 27.5 Å². The molecule has 0 heterocycles. The first-order chi connectivity index (χ1) is 20.7. The van der Waals surface area contributed by atoms with E-state index in [4.69, 9.17) is 4.74 Å². The third-order valence-electron chi connectivity index (χ3n) is 7.85. The highest BCUT2D eigenvalue weighted by molar-refractivity contribution is 7.92. The van der Waals surface area contributed by atoms with Gasteiger partial charge in [-0.1, -0.05) is 86.3 Å². The van der Waals surface area contributed by atoms with Gasteiger partial charge < -0.3 is 15.0 Å². The Morgan fingerprint density at radius 3 is 2.21 bits per heavy atom. The highest BCUT2D eigenvalue weighted by Crippen LogP contribution is 2.33. The van der Waals surface area contributed by atoms with Gasteiger partial charge in [0.2, 0.25) is 11.8 Å². The minimum atomic E-state index is -4.18. The van der Waals surface area contributed by atoms with Gasteiger partial charge in [-0.25, -0.2) is 8.42 Å². The lowest BCUT2D eigenvalue weighted by atomic mass is 9.95. The molecule has 3 aromatic rings. The number of hydrogen-bond donors (Lipinski definition) is 1. The van der Waals surface area contributed by atoms with Gasteiger partial charge in [0, 0.05) is 12.6 Å². The molecule has 1 atom stereocenters. The number of anilines is 1. The summed E-state index contributed by atoms with van der Waals surface area (Å²) >= 11 is 0. The summed E-state index contributed by atoms with van der Waals surface area (Å²) < 4.78 is 35.3. The average molecular weight is 606 g/mol. The molecule has 1 saturated carbocycles. The Morgan fingerprint density at radius 2 is 1.56 bits per heavy atom. The Labute approximate surface area is 256 Å². The monoisotopic (exact) mass is 605 g/mol. The Balaban J connectivity index is 1.73. The molecule has 2 amide bonds. The number of benzene rings is 3. The number of carbonyl (C=O) groups is 2. The summed E-state index contributed by atoms with van der Waals surface area (Å²) in [6.07, 6.45) is 5.53. The molecule has 3 aromatic carbocycles. The van der Waals surface area contributed by atoms with Crippen LogP contribution < -0.4 is 14.4 Å². The van der Waals surface area contributed by atoms with Crippen molar-refractivity contribution < 1.29 is 22.7 Å². The fourth-order valence-electron chi connectivity index (χ4n) is 5.54. The van der Waals surface area contributed by atoms with Crippen LogP contribution >= 0.6 is 0 Å². The zero-order chi connectivity index (χ0) is 30.8. The highest BCUT2D eigenvalue weighted by atomic mass is 32.2. The minimum Gasteiger partial charge on any atom is -0.492 e. The first-order valence-corrected chi connectivity index (χ1v) is 16.6. The van der Waals surface area contributed by atoms with Gasteiger partial charge in [-0.3, -0.25) is 13.9 Å². The van der Waals surface area contributed by atoms with Crippen LogP contribution in [0.3, 0.4) is 0 Å². The maximum absolute atomic E-state index is 14.3. The molecule has 0 aromatic heterocycles. The van der Waals surface area contributed by atoms with Gasteiger partial charge in [-0.05, 0) is 62.9 Å². The van der Waals surface area contributed by atoms with Crippen LogP contribution in [-0.4, -0.2) is 50.4 Å². The van der Waals surface area contributed by atoms with Crippen molar-refractivity contribution in [2.75, 3.05) is 17.5 Å². The van der Waals surface area contributed by atoms with E-state index in [9.17, 15) is 18.0 Å². The number of aryl methyl sites for hydroxylation is 1. The quantitative estimate of drug-likeness (QED) is 0.264. The van der Waals surface area contributed by atoms with Crippen molar-refractivity contribution in [3.63, 3.8) is 0 Å². The van der Waals surface area contributed by atoms with Crippen molar-refractivity contribution in [3.8, 4) is 5.75 Å². The van der Waals surface area contributed by atoms with Crippen LogP contribution in [0.5, 0.6) is 5.75 Å². The summed E-state index contributed by atoms with van der Waals surface area (Å²) in [6, 6.07) is 22.1. The summed E-state index contributed by atoms with van der Waals surface area (Å²) in [7, 11) is -4.18. The van der Waals surface area contributed by atoms with Crippen LogP contribution in [0.15, 0.2) is 83.8 Å². The van der Waals surface area contributed by atoms with Crippen molar-refractivity contribution in [3.05, 3.63) is 90.0 Å². The first kappa shape index (κ1) is 32.1. The van der Waals surface area contributed by atoms with E-state index in [1.807, 2.05) is 51.1 Å². The normalized spacial score (nSPS) is 14.5. The molecule has 1 fully saturated rings. The van der Waals surface area contributed by atoms with Crippen LogP contribution in [-0.2, 0) is 26.2 Å². The number of hydrogen-bond acceptors (Lipinski definition) is 5. The third kappa shape index (κ3) is 8.16. The topological polar surface area (TPSA) is 96.0 Å². The molecule has 8 nitrogen and oxygen atoms in total. The molecule has 1 aliphatic carbocycles. The van der Waals surface area contributed by atoms with E-state index in [1.54, 1.807) is 48.5 Å². The molecule has 0 aliphatic heterocycles. The third-order valence-corrected chi connectivity index (χ3v) is 9.63. The molecule has 4 rings (SSSR count). The number of nitrogens with one attached hydrogen (secondary N) is 1. The predicted molar refractivity (Wildman–Crippen MR) is 169 cm³/mol. The van der Waals surface area contributed by atoms with Gasteiger partial charge in [0.1, 0.15) is 18.3 Å². The number of para-hydroxylation sites is 2. The van der Waals surface area contributed by atoms with Crippen LogP contribution in [0.1, 0.15) is 63.5 Å². The Kier molecular flexibility index (Phi) is 11.2. The SMILES string of the molecule is CCOc1ccccc1N(CC(=O)N(Cc1ccccc1)C(CC)C(=O)NC1CCCCC1)S(=O)(=O)c1ccc(C)cc1. The van der Waals surface area contributed by atoms with E-state index in [1.165, 1.54) is 4.90 Å². The largest absolute Gasteiger partial charge is 0.492 e. The molecule has 230 valence electrons. The van der Waals surface area contributed by atoms with Gasteiger partial charge in [-0.2, -0.15) is 0 Å². The van der Waals surface area contributed by atoms with E-state index in [-0.39, 0.29) is 29.1 Å². The maximum Gasteiger partial charge on any atom is 0.264 e. The lowest BCUT2D eigenvalue weighted by Gasteiger charge is -2.34. The first-order valence-electron chi connectivity index (χ1n) is 15.2. The lowest BCUT2D eigenvalue weighted by molar-refractivity contribution is -0.140. The van der Waals surface area contributed by atoms with Gasteiger partial charge in [0.15, 0.2) is 0 Å². The fourth-order valence-corrected chi connectivity index (χ4v) is 6.96. The van der Waals surface area contributed by atoms with Gasteiger partial charge in [0.05, 0.1) is 17.2 Å². The molecule has 0 saturated heterocycles. The van der Waals surface area contributed by atoms with Crippen molar-refractivity contribution in [1.29, 1.82) is 0 Å². The van der Waals surface area contributed by atoms with E-state index < -0.39 is 28.5 Å². The number of amides is 2. The number of sulfonamides is 1. The summed E-state index contributed by atoms with van der Waals surface area (Å²) in [5.74, 6) is -0.331. The van der Waals surface area contributed by atoms with Crippen molar-refractivity contribution in [2.45, 2.75) is 82.8 Å². The molecule has 43 heavy (non-hydrogen) atoms. The number of rotatable bonds is 13. The van der Waals surface area contributed by atoms with Gasteiger partial charge in [-0.15, -0.1) is 0 Å². The zero-order valence-electron chi connectivity index (χ0n) is 25.4. The zero-order valence-corrected chi connectivity index (χ0v) is 26.2. The average Bonchev–Trinajstić information content (AvgIpc) is 3.01. The second-order valence-electron chi connectivity index (χ2n) is 11.0. The highest BCUT2D eigenvalue weighted by Gasteiger charge is 2.35. The number of carbonyl (C=O) groups excluding carboxylic acids is 2. The van der Waals surface area contributed by atoms with E-state index >= 15 is 0 Å². The molecular formula is C34H43N3O5S. The standard InChI is InChI=1S/C34H43N3O5S/c1-4-30(34(39)35-28-16-10-7-11-17-28)36(24-27-14-8-6-9-15-27)33(38)25-37(31-18-12-13-19-32(31)42-5-2)43(40,41)29-22-20-26(3)21-23-29/h6,8-9,12-15,18-23,28,30H,4-5,7,10-11,16-17,24-25H2,1-3H3,(H,35,39). The second kappa shape index (κ2) is 15.0. The summed E-state index contributed by atoms with van der Waals surface area (Å²) in [5.41, 5.74) is 2.03. The smallest absolute Gasteiger partial charge is 0.264 e. The molecule has 9 heteroatoms. The summed E-state index contributed by atoms with van der Waals surface area (Å²) in [4.78, 5) is 29.6. The molecule has 0 radical (unpaired) electrons. The Hall–Kier alpha value is -3.85. The van der Waals surface area contributed by atoms with Gasteiger partial charge >= 0.3 is 0 Å². The minimum absolute atomic E-state index is 0.0638. The molecule has 1 aliphatic rings. The lowest BCUT2D eigenvalue weighted by Crippen LogP contribution is -2.54. The molecule has 0 bridgehead atoms. The van der Waals surface area contributed by atoms with Crippen molar-refractivity contribution in [1.82, 2.24) is 10.2 Å². The van der Waals surface area contributed by atoms with Crippen molar-refractivity contribution in [2.24, 2.45) is 0 Å². The molecular weight excluding hydrogens is 562 g/mol. The van der Waals surface area contributed by atoms with Crippen LogP contribution in [0, 0.1) is 6.92 Å². The Bertz CT molecular complexity index is 1450.